The molecular formula is C18H35IN4O2. The molecule has 6 nitrogen and oxygen atoms in total. The maximum absolute atomic E-state index is 5.95. The molecule has 3 atom stereocenters. The van der Waals surface area contributed by atoms with Gasteiger partial charge in [0.2, 0.25) is 0 Å². The summed E-state index contributed by atoms with van der Waals surface area (Å²) in [5.74, 6) is 1.75. The third-order valence-electron chi connectivity index (χ3n) is 5.58. The first-order valence-electron chi connectivity index (χ1n) is 9.71. The van der Waals surface area contributed by atoms with Gasteiger partial charge in [-0.25, -0.2) is 0 Å². The zero-order valence-corrected chi connectivity index (χ0v) is 18.1. The minimum Gasteiger partial charge on any atom is -0.375 e. The predicted octanol–water partition coefficient (Wildman–Crippen LogP) is 1.79. The summed E-state index contributed by atoms with van der Waals surface area (Å²) in [4.78, 5) is 9.42. The highest BCUT2D eigenvalue weighted by molar-refractivity contribution is 14.0. The lowest BCUT2D eigenvalue weighted by molar-refractivity contribution is -0.0817. The number of nitrogens with zero attached hydrogens (tertiary/aromatic N) is 3. The fraction of sp³-hybridized carbons (Fsp3) is 0.944. The summed E-state index contributed by atoms with van der Waals surface area (Å²) in [5.41, 5.74) is 0. The van der Waals surface area contributed by atoms with Gasteiger partial charge in [-0.2, -0.15) is 0 Å². The van der Waals surface area contributed by atoms with Crippen molar-refractivity contribution in [3.8, 4) is 0 Å². The normalized spacial score (nSPS) is 31.7. The summed E-state index contributed by atoms with van der Waals surface area (Å²) in [7, 11) is 1.89. The molecule has 3 aliphatic heterocycles. The second-order valence-corrected chi connectivity index (χ2v) is 7.24. The highest BCUT2D eigenvalue weighted by Gasteiger charge is 2.32. The van der Waals surface area contributed by atoms with Crippen molar-refractivity contribution in [1.29, 1.82) is 0 Å². The van der Waals surface area contributed by atoms with Gasteiger partial charge in [0.25, 0.3) is 0 Å². The summed E-state index contributed by atoms with van der Waals surface area (Å²) in [5, 5.41) is 3.62. The van der Waals surface area contributed by atoms with E-state index in [0.717, 1.165) is 64.1 Å². The summed E-state index contributed by atoms with van der Waals surface area (Å²) in [6, 6.07) is 0. The predicted molar refractivity (Wildman–Crippen MR) is 112 cm³/mol. The summed E-state index contributed by atoms with van der Waals surface area (Å²) in [6.07, 6.45) is 5.37. The average molecular weight is 466 g/mol. The van der Waals surface area contributed by atoms with Gasteiger partial charge in [-0.05, 0) is 44.7 Å². The van der Waals surface area contributed by atoms with E-state index in [1.807, 2.05) is 7.05 Å². The third-order valence-corrected chi connectivity index (χ3v) is 5.58. The quantitative estimate of drug-likeness (QED) is 0.389. The molecule has 3 saturated heterocycles. The Hall–Kier alpha value is -0.120. The van der Waals surface area contributed by atoms with Gasteiger partial charge in [0.1, 0.15) is 6.10 Å². The number of hydrogen-bond donors (Lipinski definition) is 1. The van der Waals surface area contributed by atoms with Crippen molar-refractivity contribution >= 4 is 29.9 Å². The van der Waals surface area contributed by atoms with Crippen molar-refractivity contribution in [2.45, 2.75) is 44.8 Å². The molecule has 3 rings (SSSR count). The number of morpholine rings is 1. The molecule has 0 aromatic rings. The van der Waals surface area contributed by atoms with Crippen LogP contribution in [0.4, 0.5) is 0 Å². The summed E-state index contributed by atoms with van der Waals surface area (Å²) in [6.45, 7) is 10.4. The van der Waals surface area contributed by atoms with E-state index >= 15 is 0 Å². The fourth-order valence-corrected chi connectivity index (χ4v) is 4.16. The van der Waals surface area contributed by atoms with Crippen molar-refractivity contribution < 1.29 is 9.47 Å². The third kappa shape index (κ3) is 5.94. The smallest absolute Gasteiger partial charge is 0.193 e. The molecule has 3 heterocycles. The Bertz CT molecular complexity index is 418. The van der Waals surface area contributed by atoms with Crippen LogP contribution in [0.3, 0.4) is 0 Å². The number of nitrogens with one attached hydrogen (secondary N) is 1. The lowest BCUT2D eigenvalue weighted by Gasteiger charge is -2.38. The van der Waals surface area contributed by atoms with Gasteiger partial charge >= 0.3 is 0 Å². The Balaban J connectivity index is 0.00000225. The molecule has 25 heavy (non-hydrogen) atoms. The van der Waals surface area contributed by atoms with Crippen LogP contribution < -0.4 is 5.32 Å². The van der Waals surface area contributed by atoms with Crippen LogP contribution in [-0.4, -0.2) is 87.5 Å². The van der Waals surface area contributed by atoms with Crippen molar-refractivity contribution in [1.82, 2.24) is 15.1 Å². The first kappa shape index (κ1) is 21.2. The molecule has 1 N–H and O–H groups in total. The zero-order chi connectivity index (χ0) is 16.8. The maximum Gasteiger partial charge on any atom is 0.193 e. The van der Waals surface area contributed by atoms with E-state index in [9.17, 15) is 0 Å². The van der Waals surface area contributed by atoms with Crippen molar-refractivity contribution in [3.05, 3.63) is 0 Å². The molecule has 146 valence electrons. The molecule has 0 aromatic carbocycles. The first-order chi connectivity index (χ1) is 11.8. The van der Waals surface area contributed by atoms with Crippen LogP contribution in [0.15, 0.2) is 4.99 Å². The van der Waals surface area contributed by atoms with Gasteiger partial charge in [0, 0.05) is 39.8 Å². The van der Waals surface area contributed by atoms with E-state index in [1.165, 1.54) is 25.9 Å². The topological polar surface area (TPSA) is 49.3 Å². The average Bonchev–Trinajstić information content (AvgIpc) is 3.17. The highest BCUT2D eigenvalue weighted by Crippen LogP contribution is 2.21. The minimum atomic E-state index is 0. The lowest BCUT2D eigenvalue weighted by atomic mass is 9.98. The van der Waals surface area contributed by atoms with Crippen LogP contribution in [0.5, 0.6) is 0 Å². The zero-order valence-electron chi connectivity index (χ0n) is 15.8. The minimum absolute atomic E-state index is 0. The van der Waals surface area contributed by atoms with Crippen molar-refractivity contribution in [2.75, 3.05) is 59.5 Å². The van der Waals surface area contributed by atoms with E-state index in [1.54, 1.807) is 0 Å². The first-order valence-corrected chi connectivity index (χ1v) is 9.71. The second kappa shape index (κ2) is 10.9. The van der Waals surface area contributed by atoms with Crippen LogP contribution in [0.1, 0.15) is 32.6 Å². The monoisotopic (exact) mass is 466 g/mol. The van der Waals surface area contributed by atoms with Crippen LogP contribution in [0.2, 0.25) is 0 Å². The Morgan fingerprint density at radius 3 is 2.64 bits per heavy atom. The van der Waals surface area contributed by atoms with E-state index in [-0.39, 0.29) is 36.2 Å². The number of guanidine groups is 1. The van der Waals surface area contributed by atoms with Gasteiger partial charge < -0.3 is 24.6 Å². The Morgan fingerprint density at radius 2 is 1.92 bits per heavy atom. The van der Waals surface area contributed by atoms with Gasteiger partial charge in [0.15, 0.2) is 5.96 Å². The molecule has 0 spiro atoms. The summed E-state index contributed by atoms with van der Waals surface area (Å²) >= 11 is 0. The van der Waals surface area contributed by atoms with Crippen LogP contribution in [0.25, 0.3) is 0 Å². The SMILES string of the molecule is CCN1CCCC(CNC(=NC)N2CCOC(C3CCCO3)C2)C1.I. The number of hydrogen-bond acceptors (Lipinski definition) is 4. The molecule has 0 bridgehead atoms. The molecular weight excluding hydrogens is 431 g/mol. The largest absolute Gasteiger partial charge is 0.375 e. The van der Waals surface area contributed by atoms with Gasteiger partial charge in [0.05, 0.1) is 12.7 Å². The second-order valence-electron chi connectivity index (χ2n) is 7.24. The lowest BCUT2D eigenvalue weighted by Crippen LogP contribution is -2.54. The fourth-order valence-electron chi connectivity index (χ4n) is 4.16. The molecule has 0 aromatic heterocycles. The number of ether oxygens (including phenoxy) is 2. The molecule has 0 saturated carbocycles. The molecule has 3 fully saturated rings. The van der Waals surface area contributed by atoms with Crippen molar-refractivity contribution in [3.63, 3.8) is 0 Å². The Morgan fingerprint density at radius 1 is 1.08 bits per heavy atom. The van der Waals surface area contributed by atoms with Crippen LogP contribution >= 0.6 is 24.0 Å². The molecule has 3 aliphatic rings. The number of piperidine rings is 1. The van der Waals surface area contributed by atoms with Crippen molar-refractivity contribution in [2.24, 2.45) is 10.9 Å². The van der Waals surface area contributed by atoms with E-state index < -0.39 is 0 Å². The molecule has 0 aliphatic carbocycles. The van der Waals surface area contributed by atoms with Gasteiger partial charge in [-0.1, -0.05) is 6.92 Å². The maximum atomic E-state index is 5.95. The standard InChI is InChI=1S/C18H34N4O2.HI/c1-3-21-8-4-6-15(13-21)12-20-18(19-2)22-9-11-24-17(14-22)16-7-5-10-23-16;/h15-17H,3-14H2,1-2H3,(H,19,20);1H. The van der Waals surface area contributed by atoms with Crippen LogP contribution in [0, 0.1) is 5.92 Å². The molecule has 7 heteroatoms. The Labute approximate surface area is 169 Å². The molecule has 3 unspecified atom stereocenters. The van der Waals surface area contributed by atoms with E-state index in [2.05, 4.69) is 27.0 Å². The van der Waals surface area contributed by atoms with Gasteiger partial charge in [-0.15, -0.1) is 24.0 Å². The van der Waals surface area contributed by atoms with Crippen LogP contribution in [-0.2, 0) is 9.47 Å². The number of halogens is 1. The number of likely N-dealkylation sites (tertiary alicyclic amines) is 1. The number of aliphatic imine (C=N–C) groups is 1. The van der Waals surface area contributed by atoms with E-state index in [0.29, 0.717) is 0 Å². The van der Waals surface area contributed by atoms with Gasteiger partial charge in [-0.3, -0.25) is 4.99 Å². The molecule has 0 amide bonds. The summed E-state index contributed by atoms with van der Waals surface area (Å²) < 4.78 is 11.8. The highest BCUT2D eigenvalue weighted by atomic mass is 127. The molecule has 0 radical (unpaired) electrons. The Kier molecular flexibility index (Phi) is 9.23. The van der Waals surface area contributed by atoms with E-state index in [4.69, 9.17) is 9.47 Å². The number of rotatable bonds is 4.